The standard InChI is InChI=1S/C14H12BrNO4/c1-9(17)11-7-6-10(8-12(11)15)20-14-5-3-2-4-13(14)16(18)19/h2-9,17H,1H3/t9-/m0/s1. The summed E-state index contributed by atoms with van der Waals surface area (Å²) in [4.78, 5) is 10.4. The van der Waals surface area contributed by atoms with Crippen LogP contribution in [0.2, 0.25) is 0 Å². The van der Waals surface area contributed by atoms with Gasteiger partial charge in [0, 0.05) is 10.5 Å². The van der Waals surface area contributed by atoms with Crippen molar-refractivity contribution in [2.24, 2.45) is 0 Å². The number of nitro groups is 1. The maximum atomic E-state index is 10.9. The van der Waals surface area contributed by atoms with Crippen molar-refractivity contribution < 1.29 is 14.8 Å². The molecule has 6 heteroatoms. The number of hydrogen-bond donors (Lipinski definition) is 1. The summed E-state index contributed by atoms with van der Waals surface area (Å²) in [7, 11) is 0. The predicted octanol–water partition coefficient (Wildman–Crippen LogP) is 4.20. The fourth-order valence-electron chi connectivity index (χ4n) is 1.73. The lowest BCUT2D eigenvalue weighted by Gasteiger charge is -2.10. The maximum absolute atomic E-state index is 10.9. The summed E-state index contributed by atoms with van der Waals surface area (Å²) in [5, 5.41) is 20.4. The number of benzene rings is 2. The Hall–Kier alpha value is -1.92. The first kappa shape index (κ1) is 14.5. The zero-order valence-corrected chi connectivity index (χ0v) is 12.2. The van der Waals surface area contributed by atoms with Crippen LogP contribution in [-0.2, 0) is 0 Å². The molecule has 20 heavy (non-hydrogen) atoms. The fourth-order valence-corrected chi connectivity index (χ4v) is 2.42. The summed E-state index contributed by atoms with van der Waals surface area (Å²) < 4.78 is 6.22. The van der Waals surface area contributed by atoms with Crippen LogP contribution < -0.4 is 4.74 Å². The molecule has 0 saturated heterocycles. The number of hydrogen-bond acceptors (Lipinski definition) is 4. The molecule has 0 fully saturated rings. The molecule has 0 aromatic heterocycles. The minimum absolute atomic E-state index is 0.0942. The Balaban J connectivity index is 2.31. The van der Waals surface area contributed by atoms with Gasteiger partial charge in [-0.15, -0.1) is 0 Å². The third kappa shape index (κ3) is 3.15. The van der Waals surface area contributed by atoms with Crippen molar-refractivity contribution in [3.63, 3.8) is 0 Å². The van der Waals surface area contributed by atoms with E-state index in [0.717, 1.165) is 5.56 Å². The molecule has 0 amide bonds. The summed E-state index contributed by atoms with van der Waals surface area (Å²) in [5.41, 5.74) is 0.628. The van der Waals surface area contributed by atoms with Crippen LogP contribution in [0, 0.1) is 10.1 Å². The molecule has 0 heterocycles. The molecule has 1 atom stereocenters. The Labute approximate surface area is 124 Å². The number of aliphatic hydroxyl groups excluding tert-OH is 1. The smallest absolute Gasteiger partial charge is 0.311 e. The van der Waals surface area contributed by atoms with Crippen LogP contribution in [0.4, 0.5) is 5.69 Å². The molecule has 1 N–H and O–H groups in total. The minimum atomic E-state index is -0.607. The molecule has 5 nitrogen and oxygen atoms in total. The Morgan fingerprint density at radius 3 is 2.60 bits per heavy atom. The highest BCUT2D eigenvalue weighted by atomic mass is 79.9. The highest BCUT2D eigenvalue weighted by Crippen LogP contribution is 2.34. The zero-order valence-electron chi connectivity index (χ0n) is 10.6. The largest absolute Gasteiger partial charge is 0.450 e. The van der Waals surface area contributed by atoms with Gasteiger partial charge in [-0.2, -0.15) is 0 Å². The second-order valence-electron chi connectivity index (χ2n) is 4.19. The first-order valence-corrected chi connectivity index (χ1v) is 6.67. The van der Waals surface area contributed by atoms with Gasteiger partial charge in [-0.1, -0.05) is 34.1 Å². The van der Waals surface area contributed by atoms with E-state index < -0.39 is 11.0 Å². The SMILES string of the molecule is C[C@H](O)c1ccc(Oc2ccccc2[N+](=O)[O-])cc1Br. The van der Waals surface area contributed by atoms with Gasteiger partial charge in [-0.05, 0) is 30.7 Å². The number of ether oxygens (including phenoxy) is 1. The number of aliphatic hydroxyl groups is 1. The van der Waals surface area contributed by atoms with E-state index in [1.807, 2.05) is 0 Å². The highest BCUT2D eigenvalue weighted by molar-refractivity contribution is 9.10. The zero-order chi connectivity index (χ0) is 14.7. The second kappa shape index (κ2) is 6.02. The number of nitrogens with zero attached hydrogens (tertiary/aromatic N) is 1. The van der Waals surface area contributed by atoms with Crippen LogP contribution >= 0.6 is 15.9 Å². The number of rotatable bonds is 4. The molecule has 2 rings (SSSR count). The van der Waals surface area contributed by atoms with E-state index in [9.17, 15) is 15.2 Å². The van der Waals surface area contributed by atoms with E-state index in [0.29, 0.717) is 10.2 Å². The number of halogens is 1. The molecule has 2 aromatic rings. The van der Waals surface area contributed by atoms with Gasteiger partial charge in [0.2, 0.25) is 5.75 Å². The molecule has 0 spiro atoms. The van der Waals surface area contributed by atoms with Gasteiger partial charge >= 0.3 is 5.69 Å². The first-order chi connectivity index (χ1) is 9.49. The minimum Gasteiger partial charge on any atom is -0.450 e. The summed E-state index contributed by atoms with van der Waals surface area (Å²) in [6, 6.07) is 11.2. The van der Waals surface area contributed by atoms with Crippen LogP contribution in [0.5, 0.6) is 11.5 Å². The van der Waals surface area contributed by atoms with Crippen LogP contribution in [0.1, 0.15) is 18.6 Å². The Bertz CT molecular complexity index is 643. The lowest BCUT2D eigenvalue weighted by atomic mass is 10.1. The van der Waals surface area contributed by atoms with Gasteiger partial charge in [0.1, 0.15) is 5.75 Å². The average Bonchev–Trinajstić information content (AvgIpc) is 2.38. The quantitative estimate of drug-likeness (QED) is 0.670. The summed E-state index contributed by atoms with van der Waals surface area (Å²) in [6.07, 6.45) is -0.607. The summed E-state index contributed by atoms with van der Waals surface area (Å²) >= 11 is 3.33. The average molecular weight is 338 g/mol. The molecule has 0 radical (unpaired) electrons. The van der Waals surface area contributed by atoms with Gasteiger partial charge in [-0.25, -0.2) is 0 Å². The van der Waals surface area contributed by atoms with Crippen molar-refractivity contribution >= 4 is 21.6 Å². The van der Waals surface area contributed by atoms with Crippen molar-refractivity contribution in [1.82, 2.24) is 0 Å². The molecular formula is C14H12BrNO4. The maximum Gasteiger partial charge on any atom is 0.311 e. The lowest BCUT2D eigenvalue weighted by Crippen LogP contribution is -1.95. The molecule has 0 aliphatic heterocycles. The molecule has 0 aliphatic rings. The Kier molecular flexibility index (Phi) is 4.36. The van der Waals surface area contributed by atoms with Crippen molar-refractivity contribution in [3.05, 3.63) is 62.6 Å². The Morgan fingerprint density at radius 2 is 2.00 bits per heavy atom. The molecule has 2 aromatic carbocycles. The number of nitro benzene ring substituents is 1. The molecule has 0 bridgehead atoms. The van der Waals surface area contributed by atoms with Crippen molar-refractivity contribution in [1.29, 1.82) is 0 Å². The molecular weight excluding hydrogens is 326 g/mol. The van der Waals surface area contributed by atoms with Crippen LogP contribution in [0.15, 0.2) is 46.9 Å². The normalized spacial score (nSPS) is 11.9. The van der Waals surface area contributed by atoms with E-state index >= 15 is 0 Å². The molecule has 104 valence electrons. The highest BCUT2D eigenvalue weighted by Gasteiger charge is 2.15. The third-order valence-corrected chi connectivity index (χ3v) is 3.40. The van der Waals surface area contributed by atoms with E-state index in [2.05, 4.69) is 15.9 Å². The van der Waals surface area contributed by atoms with E-state index in [1.165, 1.54) is 12.1 Å². The fraction of sp³-hybridized carbons (Fsp3) is 0.143. The van der Waals surface area contributed by atoms with Gasteiger partial charge < -0.3 is 9.84 Å². The lowest BCUT2D eigenvalue weighted by molar-refractivity contribution is -0.385. The van der Waals surface area contributed by atoms with Crippen LogP contribution in [0.3, 0.4) is 0 Å². The first-order valence-electron chi connectivity index (χ1n) is 5.88. The van der Waals surface area contributed by atoms with Crippen molar-refractivity contribution in [3.8, 4) is 11.5 Å². The van der Waals surface area contributed by atoms with Crippen molar-refractivity contribution in [2.75, 3.05) is 0 Å². The number of para-hydroxylation sites is 2. The van der Waals surface area contributed by atoms with E-state index in [1.54, 1.807) is 37.3 Å². The van der Waals surface area contributed by atoms with E-state index in [4.69, 9.17) is 4.74 Å². The Morgan fingerprint density at radius 1 is 1.30 bits per heavy atom. The monoisotopic (exact) mass is 337 g/mol. The van der Waals surface area contributed by atoms with Crippen LogP contribution in [-0.4, -0.2) is 10.0 Å². The van der Waals surface area contributed by atoms with E-state index in [-0.39, 0.29) is 11.4 Å². The van der Waals surface area contributed by atoms with Gasteiger partial charge in [0.25, 0.3) is 0 Å². The summed E-state index contributed by atoms with van der Waals surface area (Å²) in [5.74, 6) is 0.629. The molecule has 0 unspecified atom stereocenters. The predicted molar refractivity (Wildman–Crippen MR) is 77.9 cm³/mol. The van der Waals surface area contributed by atoms with Crippen molar-refractivity contribution in [2.45, 2.75) is 13.0 Å². The summed E-state index contributed by atoms with van der Waals surface area (Å²) in [6.45, 7) is 1.66. The molecule has 0 aliphatic carbocycles. The van der Waals surface area contributed by atoms with Gasteiger partial charge in [0.05, 0.1) is 11.0 Å². The van der Waals surface area contributed by atoms with Crippen LogP contribution in [0.25, 0.3) is 0 Å². The third-order valence-electron chi connectivity index (χ3n) is 2.71. The topological polar surface area (TPSA) is 72.6 Å². The molecule has 0 saturated carbocycles. The second-order valence-corrected chi connectivity index (χ2v) is 5.04. The van der Waals surface area contributed by atoms with Gasteiger partial charge in [0.15, 0.2) is 0 Å². The van der Waals surface area contributed by atoms with Gasteiger partial charge in [-0.3, -0.25) is 10.1 Å².